The van der Waals surface area contributed by atoms with E-state index in [0.717, 1.165) is 37.3 Å². The second-order valence-electron chi connectivity index (χ2n) is 4.46. The summed E-state index contributed by atoms with van der Waals surface area (Å²) in [4.78, 5) is 5.63. The molecule has 2 heterocycles. The first-order chi connectivity index (χ1) is 8.50. The molecule has 1 saturated heterocycles. The van der Waals surface area contributed by atoms with Gasteiger partial charge in [-0.1, -0.05) is 22.0 Å². The maximum absolute atomic E-state index is 12.6. The van der Waals surface area contributed by atoms with Crippen molar-refractivity contribution in [3.63, 3.8) is 0 Å². The summed E-state index contributed by atoms with van der Waals surface area (Å²) in [5.41, 5.74) is -0.817. The minimum absolute atomic E-state index is 0.429. The van der Waals surface area contributed by atoms with Crippen LogP contribution >= 0.6 is 15.9 Å². The van der Waals surface area contributed by atoms with Crippen molar-refractivity contribution in [1.29, 1.82) is 0 Å². The van der Waals surface area contributed by atoms with E-state index in [-0.39, 0.29) is 0 Å². The molecule has 0 aliphatic carbocycles. The smallest absolute Gasteiger partial charge is 0.357 e. The summed E-state index contributed by atoms with van der Waals surface area (Å²) in [6, 6.07) is 4.07. The first-order valence-corrected chi connectivity index (χ1v) is 6.98. The molecule has 2 nitrogen and oxygen atoms in total. The summed E-state index contributed by atoms with van der Waals surface area (Å²) >= 11 is 3.44. The molecule has 6 heteroatoms. The van der Waals surface area contributed by atoms with Crippen LogP contribution in [0.5, 0.6) is 0 Å². The molecule has 0 radical (unpaired) electrons. The van der Waals surface area contributed by atoms with Crippen LogP contribution in [0.2, 0.25) is 0 Å². The van der Waals surface area contributed by atoms with Crippen molar-refractivity contribution in [2.24, 2.45) is 5.92 Å². The third kappa shape index (κ3) is 3.16. The monoisotopic (exact) mass is 322 g/mol. The number of hydrogen-bond donors (Lipinski definition) is 0. The van der Waals surface area contributed by atoms with Gasteiger partial charge >= 0.3 is 6.18 Å². The first-order valence-electron chi connectivity index (χ1n) is 5.86. The Hall–Kier alpha value is -0.780. The van der Waals surface area contributed by atoms with Crippen LogP contribution < -0.4 is 4.90 Å². The SMILES string of the molecule is FC(F)(F)c1cccc(N2CCC(CBr)CC2)n1. The van der Waals surface area contributed by atoms with E-state index in [1.165, 1.54) is 6.07 Å². The number of anilines is 1. The predicted molar refractivity (Wildman–Crippen MR) is 68.0 cm³/mol. The van der Waals surface area contributed by atoms with E-state index in [0.29, 0.717) is 11.7 Å². The van der Waals surface area contributed by atoms with Gasteiger partial charge in [-0.05, 0) is 30.9 Å². The zero-order valence-electron chi connectivity index (χ0n) is 9.75. The van der Waals surface area contributed by atoms with E-state index in [1.54, 1.807) is 6.07 Å². The number of rotatable bonds is 2. The van der Waals surface area contributed by atoms with Gasteiger partial charge in [0.2, 0.25) is 0 Å². The molecule has 100 valence electrons. The highest BCUT2D eigenvalue weighted by Crippen LogP contribution is 2.30. The summed E-state index contributed by atoms with van der Waals surface area (Å²) in [6.07, 6.45) is -2.39. The van der Waals surface area contributed by atoms with Gasteiger partial charge in [-0.3, -0.25) is 0 Å². The Bertz CT molecular complexity index is 401. The minimum Gasteiger partial charge on any atom is -0.357 e. The molecule has 0 amide bonds. The number of nitrogens with zero attached hydrogens (tertiary/aromatic N) is 2. The van der Waals surface area contributed by atoms with E-state index < -0.39 is 11.9 Å². The molecule has 0 bridgehead atoms. The van der Waals surface area contributed by atoms with E-state index in [4.69, 9.17) is 0 Å². The molecule has 1 aliphatic rings. The Balaban J connectivity index is 2.10. The summed E-state index contributed by atoms with van der Waals surface area (Å²) in [7, 11) is 0. The van der Waals surface area contributed by atoms with Gasteiger partial charge in [-0.25, -0.2) is 4.98 Å². The minimum atomic E-state index is -4.37. The molecule has 0 atom stereocenters. The lowest BCUT2D eigenvalue weighted by atomic mass is 9.99. The first kappa shape index (κ1) is 13.6. The maximum atomic E-state index is 12.6. The van der Waals surface area contributed by atoms with Crippen molar-refractivity contribution in [2.75, 3.05) is 23.3 Å². The quantitative estimate of drug-likeness (QED) is 0.772. The van der Waals surface area contributed by atoms with Gasteiger partial charge in [0.25, 0.3) is 0 Å². The number of hydrogen-bond acceptors (Lipinski definition) is 2. The van der Waals surface area contributed by atoms with Gasteiger partial charge in [-0.2, -0.15) is 13.2 Å². The normalized spacial score (nSPS) is 18.1. The highest BCUT2D eigenvalue weighted by atomic mass is 79.9. The summed E-state index contributed by atoms with van der Waals surface area (Å²) < 4.78 is 37.7. The fourth-order valence-corrected chi connectivity index (χ4v) is 2.72. The Kier molecular flexibility index (Phi) is 4.14. The number of halogens is 4. The van der Waals surface area contributed by atoms with E-state index in [2.05, 4.69) is 20.9 Å². The molecule has 0 spiro atoms. The van der Waals surface area contributed by atoms with Crippen LogP contribution in [0.3, 0.4) is 0 Å². The lowest BCUT2D eigenvalue weighted by Crippen LogP contribution is -2.35. The second-order valence-corrected chi connectivity index (χ2v) is 5.11. The fraction of sp³-hybridized carbons (Fsp3) is 0.583. The van der Waals surface area contributed by atoms with E-state index in [1.807, 2.05) is 4.90 Å². The molecular formula is C12H14BrF3N2. The van der Waals surface area contributed by atoms with Gasteiger partial charge in [0, 0.05) is 18.4 Å². The third-order valence-electron chi connectivity index (χ3n) is 3.18. The van der Waals surface area contributed by atoms with Crippen molar-refractivity contribution < 1.29 is 13.2 Å². The van der Waals surface area contributed by atoms with E-state index >= 15 is 0 Å². The molecule has 0 aromatic carbocycles. The maximum Gasteiger partial charge on any atom is 0.433 e. The van der Waals surface area contributed by atoms with Gasteiger partial charge in [0.05, 0.1) is 0 Å². The number of alkyl halides is 4. The molecule has 0 unspecified atom stereocenters. The van der Waals surface area contributed by atoms with Crippen LogP contribution in [0.25, 0.3) is 0 Å². The van der Waals surface area contributed by atoms with Crippen LogP contribution in [0.15, 0.2) is 18.2 Å². The Morgan fingerprint density at radius 2 is 1.94 bits per heavy atom. The van der Waals surface area contributed by atoms with Crippen molar-refractivity contribution in [1.82, 2.24) is 4.98 Å². The van der Waals surface area contributed by atoms with Crippen LogP contribution in [0, 0.1) is 5.92 Å². The third-order valence-corrected chi connectivity index (χ3v) is 4.10. The second kappa shape index (κ2) is 5.47. The largest absolute Gasteiger partial charge is 0.433 e. The van der Waals surface area contributed by atoms with Crippen LogP contribution in [0.1, 0.15) is 18.5 Å². The van der Waals surface area contributed by atoms with Gasteiger partial charge in [0.15, 0.2) is 0 Å². The van der Waals surface area contributed by atoms with Crippen molar-refractivity contribution in [3.8, 4) is 0 Å². The molecule has 1 aliphatic heterocycles. The summed E-state index contributed by atoms with van der Waals surface area (Å²) in [5, 5.41) is 0.955. The molecule has 2 rings (SSSR count). The zero-order chi connectivity index (χ0) is 13.2. The summed E-state index contributed by atoms with van der Waals surface area (Å²) in [5.74, 6) is 1.05. The molecule has 18 heavy (non-hydrogen) atoms. The summed E-state index contributed by atoms with van der Waals surface area (Å²) in [6.45, 7) is 1.54. The Morgan fingerprint density at radius 3 is 2.50 bits per heavy atom. The standard InChI is InChI=1S/C12H14BrF3N2/c13-8-9-4-6-18(7-5-9)11-3-1-2-10(17-11)12(14,15)16/h1-3,9H,4-8H2. The zero-order valence-corrected chi connectivity index (χ0v) is 11.3. The lowest BCUT2D eigenvalue weighted by molar-refractivity contribution is -0.141. The molecular weight excluding hydrogens is 309 g/mol. The molecule has 1 fully saturated rings. The highest BCUT2D eigenvalue weighted by molar-refractivity contribution is 9.09. The average molecular weight is 323 g/mol. The van der Waals surface area contributed by atoms with Gasteiger partial charge < -0.3 is 4.90 Å². The number of pyridine rings is 1. The Labute approximate surface area is 112 Å². The highest BCUT2D eigenvalue weighted by Gasteiger charge is 2.33. The van der Waals surface area contributed by atoms with Crippen LogP contribution in [-0.4, -0.2) is 23.4 Å². The molecule has 0 saturated carbocycles. The molecule has 0 N–H and O–H groups in total. The van der Waals surface area contributed by atoms with Gasteiger partial charge in [-0.15, -0.1) is 0 Å². The lowest BCUT2D eigenvalue weighted by Gasteiger charge is -2.32. The molecule has 1 aromatic heterocycles. The van der Waals surface area contributed by atoms with E-state index in [9.17, 15) is 13.2 Å². The number of aromatic nitrogens is 1. The van der Waals surface area contributed by atoms with Crippen molar-refractivity contribution in [3.05, 3.63) is 23.9 Å². The molecule has 1 aromatic rings. The van der Waals surface area contributed by atoms with Crippen LogP contribution in [0.4, 0.5) is 19.0 Å². The average Bonchev–Trinajstić information content (AvgIpc) is 2.38. The van der Waals surface area contributed by atoms with Crippen molar-refractivity contribution >= 4 is 21.7 Å². The number of piperidine rings is 1. The Morgan fingerprint density at radius 1 is 1.28 bits per heavy atom. The fourth-order valence-electron chi connectivity index (χ4n) is 2.07. The van der Waals surface area contributed by atoms with Crippen LogP contribution in [-0.2, 0) is 6.18 Å². The van der Waals surface area contributed by atoms with Gasteiger partial charge in [0.1, 0.15) is 11.5 Å². The van der Waals surface area contributed by atoms with Crippen molar-refractivity contribution in [2.45, 2.75) is 19.0 Å². The topological polar surface area (TPSA) is 16.1 Å². The predicted octanol–water partition coefficient (Wildman–Crippen LogP) is 3.71.